The summed E-state index contributed by atoms with van der Waals surface area (Å²) in [6, 6.07) is 65.6. The lowest BCUT2D eigenvalue weighted by Gasteiger charge is -2.16. The van der Waals surface area contributed by atoms with Gasteiger partial charge in [0, 0.05) is 27.6 Å². The average Bonchev–Trinajstić information content (AvgIpc) is 3.91. The topological polar surface area (TPSA) is 43.9 Å². The van der Waals surface area contributed by atoms with Crippen molar-refractivity contribution < 1.29 is 4.42 Å². The summed E-state index contributed by atoms with van der Waals surface area (Å²) in [5, 5.41) is 3.42. The van der Waals surface area contributed by atoms with Crippen LogP contribution in [0.5, 0.6) is 0 Å². The molecule has 0 bridgehead atoms. The summed E-state index contributed by atoms with van der Waals surface area (Å²) in [6.45, 7) is 0. The van der Waals surface area contributed by atoms with Crippen molar-refractivity contribution in [3.63, 3.8) is 0 Å². The number of hydrogen-bond donors (Lipinski definition) is 0. The van der Waals surface area contributed by atoms with Gasteiger partial charge in [-0.25, -0.2) is 9.97 Å². The van der Waals surface area contributed by atoms with E-state index in [9.17, 15) is 0 Å². The van der Waals surface area contributed by atoms with Crippen LogP contribution in [0.3, 0.4) is 0 Å². The lowest BCUT2D eigenvalue weighted by molar-refractivity contribution is 0.662. The minimum atomic E-state index is 0.315. The molecule has 0 amide bonds. The smallest absolute Gasteiger partial charge is 0.197 e. The number of rotatable bonds is 4. The predicted molar refractivity (Wildman–Crippen MR) is 241 cm³/mol. The van der Waals surface area contributed by atoms with Crippen molar-refractivity contribution in [3.05, 3.63) is 199 Å². The third kappa shape index (κ3) is 4.77. The van der Waals surface area contributed by atoms with Crippen LogP contribution in [0, 0.1) is 0 Å². The standard InChI is InChI=1S/C55H35N3O/c1-3-13-33(14-4-1)35-23-25-37(26-24-35)54-56-52-43-21-11-12-22-48(43)59-53(52)55(57-54)58-46-30-28-38(34-15-5-2-6-16-34)31-45(46)50-47(58)32-44-41-20-10-9-19-40(41)42-29-27-36-17-7-8-18-39(36)51(50)49(42)44/h1-26,28,30-32,42H,27,29H2. The summed E-state index contributed by atoms with van der Waals surface area (Å²) >= 11 is 0. The molecule has 0 radical (unpaired) electrons. The van der Waals surface area contributed by atoms with Gasteiger partial charge in [-0.2, -0.15) is 0 Å². The maximum Gasteiger partial charge on any atom is 0.197 e. The van der Waals surface area contributed by atoms with Crippen LogP contribution in [0.2, 0.25) is 0 Å². The number of aromatic nitrogens is 3. The van der Waals surface area contributed by atoms with Gasteiger partial charge in [-0.3, -0.25) is 4.57 Å². The molecule has 2 aliphatic rings. The van der Waals surface area contributed by atoms with Gasteiger partial charge < -0.3 is 4.42 Å². The summed E-state index contributed by atoms with van der Waals surface area (Å²) in [5.41, 5.74) is 19.7. The Morgan fingerprint density at radius 2 is 1.17 bits per heavy atom. The van der Waals surface area contributed by atoms with E-state index in [1.165, 1.54) is 66.4 Å². The molecule has 11 aromatic rings. The molecule has 59 heavy (non-hydrogen) atoms. The fourth-order valence-electron chi connectivity index (χ4n) is 10.2. The fraction of sp³-hybridized carbons (Fsp3) is 0.0545. The predicted octanol–water partition coefficient (Wildman–Crippen LogP) is 14.2. The lowest BCUT2D eigenvalue weighted by Crippen LogP contribution is -2.02. The molecule has 276 valence electrons. The SMILES string of the molecule is c1ccc(-c2ccc(-c3nc(-n4c5ccc(-c6ccccc6)cc5c5c6c7c(cc54)-c4ccccc4C7CCc4ccccc4-6)c4oc5ccccc5c4n3)cc2)cc1. The molecule has 0 saturated heterocycles. The lowest BCUT2D eigenvalue weighted by atomic mass is 9.87. The fourth-order valence-corrected chi connectivity index (χ4v) is 10.2. The average molecular weight is 754 g/mol. The second-order valence-electron chi connectivity index (χ2n) is 16.0. The largest absolute Gasteiger partial charge is 0.450 e. The molecule has 0 fully saturated rings. The first-order chi connectivity index (χ1) is 29.3. The first-order valence-corrected chi connectivity index (χ1v) is 20.5. The molecule has 0 aliphatic heterocycles. The number of furan rings is 1. The summed E-state index contributed by atoms with van der Waals surface area (Å²) in [4.78, 5) is 10.8. The summed E-state index contributed by atoms with van der Waals surface area (Å²) in [6.07, 6.45) is 2.10. The molecule has 3 heterocycles. The van der Waals surface area contributed by atoms with E-state index in [0.717, 1.165) is 57.3 Å². The van der Waals surface area contributed by atoms with Gasteiger partial charge in [0.05, 0.1) is 11.0 Å². The van der Waals surface area contributed by atoms with E-state index >= 15 is 0 Å². The Bertz CT molecular complexity index is 3490. The van der Waals surface area contributed by atoms with E-state index in [4.69, 9.17) is 14.4 Å². The van der Waals surface area contributed by atoms with Crippen LogP contribution in [-0.4, -0.2) is 14.5 Å². The van der Waals surface area contributed by atoms with E-state index in [0.29, 0.717) is 17.3 Å². The van der Waals surface area contributed by atoms with Gasteiger partial charge in [0.1, 0.15) is 11.1 Å². The van der Waals surface area contributed by atoms with Crippen molar-refractivity contribution in [1.82, 2.24) is 14.5 Å². The second-order valence-corrected chi connectivity index (χ2v) is 16.0. The Kier molecular flexibility index (Phi) is 6.87. The first kappa shape index (κ1) is 32.5. The number of aryl methyl sites for hydroxylation is 1. The zero-order valence-electron chi connectivity index (χ0n) is 32.1. The minimum Gasteiger partial charge on any atom is -0.450 e. The highest BCUT2D eigenvalue weighted by Crippen LogP contribution is 2.57. The van der Waals surface area contributed by atoms with E-state index < -0.39 is 0 Å². The van der Waals surface area contributed by atoms with Crippen LogP contribution in [-0.2, 0) is 6.42 Å². The molecule has 0 saturated carbocycles. The monoisotopic (exact) mass is 753 g/mol. The van der Waals surface area contributed by atoms with Crippen molar-refractivity contribution in [2.45, 2.75) is 18.8 Å². The second kappa shape index (κ2) is 12.5. The van der Waals surface area contributed by atoms with Gasteiger partial charge in [-0.15, -0.1) is 0 Å². The van der Waals surface area contributed by atoms with Crippen molar-refractivity contribution in [2.24, 2.45) is 0 Å². The van der Waals surface area contributed by atoms with Crippen LogP contribution < -0.4 is 0 Å². The Balaban J connectivity index is 1.17. The summed E-state index contributed by atoms with van der Waals surface area (Å²) in [5.74, 6) is 1.71. The summed E-state index contributed by atoms with van der Waals surface area (Å²) < 4.78 is 9.20. The third-order valence-electron chi connectivity index (χ3n) is 12.8. The van der Waals surface area contributed by atoms with E-state index in [1.807, 2.05) is 12.1 Å². The van der Waals surface area contributed by atoms with E-state index in [-0.39, 0.29) is 0 Å². The van der Waals surface area contributed by atoms with Crippen molar-refractivity contribution >= 4 is 43.9 Å². The van der Waals surface area contributed by atoms with Gasteiger partial charge in [-0.05, 0) is 104 Å². The minimum absolute atomic E-state index is 0.315. The first-order valence-electron chi connectivity index (χ1n) is 20.5. The molecular weight excluding hydrogens is 719 g/mol. The molecule has 1 atom stereocenters. The van der Waals surface area contributed by atoms with Crippen molar-refractivity contribution in [3.8, 4) is 61.7 Å². The van der Waals surface area contributed by atoms with Gasteiger partial charge in [0.2, 0.25) is 0 Å². The van der Waals surface area contributed by atoms with Gasteiger partial charge >= 0.3 is 0 Å². The normalized spacial score (nSPS) is 14.1. The molecular formula is C55H35N3O. The molecule has 0 spiro atoms. The molecule has 8 aromatic carbocycles. The number of benzene rings is 8. The Morgan fingerprint density at radius 3 is 2.00 bits per heavy atom. The Hall–Kier alpha value is -7.56. The van der Waals surface area contributed by atoms with Crippen LogP contribution >= 0.6 is 0 Å². The zero-order chi connectivity index (χ0) is 38.6. The maximum absolute atomic E-state index is 6.83. The summed E-state index contributed by atoms with van der Waals surface area (Å²) in [7, 11) is 0. The van der Waals surface area contributed by atoms with Crippen molar-refractivity contribution in [2.75, 3.05) is 0 Å². The van der Waals surface area contributed by atoms with Crippen LogP contribution in [0.4, 0.5) is 0 Å². The molecule has 2 aliphatic carbocycles. The number of para-hydroxylation sites is 1. The van der Waals surface area contributed by atoms with Crippen LogP contribution in [0.1, 0.15) is 29.0 Å². The molecule has 1 unspecified atom stereocenters. The molecule has 13 rings (SSSR count). The van der Waals surface area contributed by atoms with Gasteiger partial charge in [0.25, 0.3) is 0 Å². The van der Waals surface area contributed by atoms with Gasteiger partial charge in [0.15, 0.2) is 17.2 Å². The number of hydrogen-bond acceptors (Lipinski definition) is 3. The van der Waals surface area contributed by atoms with E-state index in [2.05, 4.69) is 174 Å². The zero-order valence-corrected chi connectivity index (χ0v) is 32.1. The number of fused-ring (bicyclic) bond motifs is 12. The molecule has 0 N–H and O–H groups in total. The Morgan fingerprint density at radius 1 is 0.508 bits per heavy atom. The highest BCUT2D eigenvalue weighted by molar-refractivity contribution is 6.20. The molecule has 3 aromatic heterocycles. The van der Waals surface area contributed by atoms with Gasteiger partial charge in [-0.1, -0.05) is 152 Å². The molecule has 4 nitrogen and oxygen atoms in total. The highest BCUT2D eigenvalue weighted by atomic mass is 16.3. The van der Waals surface area contributed by atoms with Crippen molar-refractivity contribution in [1.29, 1.82) is 0 Å². The Labute approximate surface area is 340 Å². The highest BCUT2D eigenvalue weighted by Gasteiger charge is 2.36. The molecule has 4 heteroatoms. The third-order valence-corrected chi connectivity index (χ3v) is 12.8. The maximum atomic E-state index is 6.83. The van der Waals surface area contributed by atoms with E-state index in [1.54, 1.807) is 0 Å². The quantitative estimate of drug-likeness (QED) is 0.180. The van der Waals surface area contributed by atoms with Crippen LogP contribution in [0.25, 0.3) is 106 Å². The number of nitrogens with zero attached hydrogens (tertiary/aromatic N) is 3. The van der Waals surface area contributed by atoms with Crippen LogP contribution in [0.15, 0.2) is 186 Å².